The molecule has 0 aliphatic rings. The van der Waals surface area contributed by atoms with Crippen molar-refractivity contribution in [3.8, 4) is 11.3 Å². The summed E-state index contributed by atoms with van der Waals surface area (Å²) in [5, 5.41) is 9.97. The number of benzene rings is 1. The molecule has 3 rings (SSSR count). The van der Waals surface area contributed by atoms with Gasteiger partial charge in [0.15, 0.2) is 5.82 Å². The van der Waals surface area contributed by atoms with E-state index in [1.807, 2.05) is 67.5 Å². The molecule has 1 aromatic carbocycles. The first-order chi connectivity index (χ1) is 11.6. The Hall–Kier alpha value is -2.99. The summed E-state index contributed by atoms with van der Waals surface area (Å²) in [7, 11) is 3.76. The van der Waals surface area contributed by atoms with Crippen molar-refractivity contribution in [2.24, 2.45) is 0 Å². The molecule has 2 aromatic heterocycles. The molecular formula is C18H19N5O. The van der Waals surface area contributed by atoms with Crippen molar-refractivity contribution in [3.63, 3.8) is 0 Å². The van der Waals surface area contributed by atoms with Gasteiger partial charge in [-0.15, -0.1) is 0 Å². The highest BCUT2D eigenvalue weighted by atomic mass is 16.2. The average molecular weight is 321 g/mol. The van der Waals surface area contributed by atoms with E-state index in [4.69, 9.17) is 0 Å². The molecule has 2 N–H and O–H groups in total. The van der Waals surface area contributed by atoms with Crippen molar-refractivity contribution >= 4 is 11.7 Å². The molecule has 0 spiro atoms. The Morgan fingerprint density at radius 3 is 2.50 bits per heavy atom. The second-order valence-electron chi connectivity index (χ2n) is 5.67. The van der Waals surface area contributed by atoms with Crippen molar-refractivity contribution in [1.82, 2.24) is 20.1 Å². The minimum atomic E-state index is -0.382. The first kappa shape index (κ1) is 15.9. The van der Waals surface area contributed by atoms with Crippen LogP contribution in [0.25, 0.3) is 11.3 Å². The molecule has 6 nitrogen and oxygen atoms in total. The van der Waals surface area contributed by atoms with Crippen LogP contribution in [0, 0.1) is 0 Å². The van der Waals surface area contributed by atoms with Gasteiger partial charge in [0.2, 0.25) is 5.91 Å². The standard InChI is InChI=1S/C18H19N5O/c1-23(2)17(14-6-4-3-5-7-14)18(24)20-16-12-15(21-22-16)13-8-10-19-11-9-13/h3-12,17H,1-2H3,(H2,20,21,22,24). The van der Waals surface area contributed by atoms with E-state index in [1.54, 1.807) is 12.4 Å². The number of hydrogen-bond donors (Lipinski definition) is 2. The molecule has 0 radical (unpaired) electrons. The first-order valence-corrected chi connectivity index (χ1v) is 7.63. The van der Waals surface area contributed by atoms with Crippen LogP contribution in [0.3, 0.4) is 0 Å². The molecule has 0 saturated carbocycles. The van der Waals surface area contributed by atoms with Crippen LogP contribution in [-0.4, -0.2) is 40.1 Å². The zero-order valence-electron chi connectivity index (χ0n) is 13.6. The van der Waals surface area contributed by atoms with Crippen LogP contribution in [-0.2, 0) is 4.79 Å². The van der Waals surface area contributed by atoms with E-state index in [2.05, 4.69) is 20.5 Å². The lowest BCUT2D eigenvalue weighted by Gasteiger charge is -2.23. The molecule has 2 heterocycles. The van der Waals surface area contributed by atoms with Crippen LogP contribution in [0.2, 0.25) is 0 Å². The third-order valence-corrected chi connectivity index (χ3v) is 3.70. The fraction of sp³-hybridized carbons (Fsp3) is 0.167. The maximum Gasteiger partial charge on any atom is 0.247 e. The third-order valence-electron chi connectivity index (χ3n) is 3.70. The molecule has 3 aromatic rings. The number of likely N-dealkylation sites (N-methyl/N-ethyl adjacent to an activating group) is 1. The summed E-state index contributed by atoms with van der Waals surface area (Å²) in [6, 6.07) is 14.9. The minimum Gasteiger partial charge on any atom is -0.308 e. The number of aromatic amines is 1. The maximum atomic E-state index is 12.7. The van der Waals surface area contributed by atoms with Gasteiger partial charge in [-0.2, -0.15) is 5.10 Å². The lowest BCUT2D eigenvalue weighted by molar-refractivity contribution is -0.120. The number of aromatic nitrogens is 3. The fourth-order valence-electron chi connectivity index (χ4n) is 2.58. The highest BCUT2D eigenvalue weighted by molar-refractivity contribution is 5.95. The number of amides is 1. The molecular weight excluding hydrogens is 302 g/mol. The van der Waals surface area contributed by atoms with Gasteiger partial charge in [0.1, 0.15) is 6.04 Å². The van der Waals surface area contributed by atoms with E-state index in [9.17, 15) is 4.79 Å². The van der Waals surface area contributed by atoms with E-state index in [-0.39, 0.29) is 11.9 Å². The highest BCUT2D eigenvalue weighted by Crippen LogP contribution is 2.22. The third kappa shape index (κ3) is 3.49. The molecule has 0 aliphatic carbocycles. The van der Waals surface area contributed by atoms with Gasteiger partial charge in [0.25, 0.3) is 0 Å². The number of hydrogen-bond acceptors (Lipinski definition) is 4. The molecule has 0 saturated heterocycles. The largest absolute Gasteiger partial charge is 0.308 e. The quantitative estimate of drug-likeness (QED) is 0.758. The van der Waals surface area contributed by atoms with Crippen molar-refractivity contribution in [3.05, 3.63) is 66.5 Å². The van der Waals surface area contributed by atoms with Crippen LogP contribution < -0.4 is 5.32 Å². The maximum absolute atomic E-state index is 12.7. The second kappa shape index (κ2) is 7.06. The number of rotatable bonds is 5. The molecule has 24 heavy (non-hydrogen) atoms. The molecule has 1 atom stereocenters. The van der Waals surface area contributed by atoms with Gasteiger partial charge in [-0.3, -0.25) is 19.8 Å². The van der Waals surface area contributed by atoms with Gasteiger partial charge < -0.3 is 5.32 Å². The summed E-state index contributed by atoms with van der Waals surface area (Å²) in [6.45, 7) is 0. The number of H-pyrrole nitrogens is 1. The second-order valence-corrected chi connectivity index (χ2v) is 5.67. The summed E-state index contributed by atoms with van der Waals surface area (Å²) in [6.07, 6.45) is 3.43. The number of nitrogens with zero attached hydrogens (tertiary/aromatic N) is 3. The molecule has 6 heteroatoms. The van der Waals surface area contributed by atoms with Crippen LogP contribution in [0.1, 0.15) is 11.6 Å². The monoisotopic (exact) mass is 321 g/mol. The normalized spacial score (nSPS) is 12.1. The van der Waals surface area contributed by atoms with E-state index >= 15 is 0 Å². The van der Waals surface area contributed by atoms with Crippen molar-refractivity contribution < 1.29 is 4.79 Å². The van der Waals surface area contributed by atoms with Gasteiger partial charge in [-0.25, -0.2) is 0 Å². The van der Waals surface area contributed by atoms with Gasteiger partial charge >= 0.3 is 0 Å². The number of carbonyl (C=O) groups is 1. The summed E-state index contributed by atoms with van der Waals surface area (Å²) >= 11 is 0. The zero-order valence-corrected chi connectivity index (χ0v) is 13.6. The molecule has 1 unspecified atom stereocenters. The first-order valence-electron chi connectivity index (χ1n) is 7.63. The summed E-state index contributed by atoms with van der Waals surface area (Å²) in [4.78, 5) is 18.6. The van der Waals surface area contributed by atoms with Gasteiger partial charge in [-0.05, 0) is 31.8 Å². The predicted octanol–water partition coefficient (Wildman–Crippen LogP) is 2.71. The average Bonchev–Trinajstić information content (AvgIpc) is 3.05. The van der Waals surface area contributed by atoms with Crippen molar-refractivity contribution in [2.45, 2.75) is 6.04 Å². The highest BCUT2D eigenvalue weighted by Gasteiger charge is 2.23. The zero-order chi connectivity index (χ0) is 16.9. The van der Waals surface area contributed by atoms with E-state index < -0.39 is 0 Å². The van der Waals surface area contributed by atoms with Gasteiger partial charge in [-0.1, -0.05) is 30.3 Å². The van der Waals surface area contributed by atoms with Crippen LogP contribution in [0.15, 0.2) is 60.9 Å². The summed E-state index contributed by atoms with van der Waals surface area (Å²) in [5.41, 5.74) is 2.73. The summed E-state index contributed by atoms with van der Waals surface area (Å²) in [5.74, 6) is 0.369. The molecule has 0 fully saturated rings. The van der Waals surface area contributed by atoms with Crippen molar-refractivity contribution in [2.75, 3.05) is 19.4 Å². The fourth-order valence-corrected chi connectivity index (χ4v) is 2.58. The number of nitrogens with one attached hydrogen (secondary N) is 2. The number of anilines is 1. The Bertz CT molecular complexity index is 799. The Morgan fingerprint density at radius 1 is 1.12 bits per heavy atom. The van der Waals surface area contributed by atoms with Gasteiger partial charge in [0, 0.05) is 24.0 Å². The lowest BCUT2D eigenvalue weighted by Crippen LogP contribution is -2.32. The minimum absolute atomic E-state index is 0.126. The van der Waals surface area contributed by atoms with E-state index in [0.29, 0.717) is 5.82 Å². The lowest BCUT2D eigenvalue weighted by atomic mass is 10.1. The van der Waals surface area contributed by atoms with Gasteiger partial charge in [0.05, 0.1) is 5.69 Å². The SMILES string of the molecule is CN(C)C(C(=O)Nc1cc(-c2ccncc2)[nH]n1)c1ccccc1. The Labute approximate surface area is 140 Å². The van der Waals surface area contributed by atoms with Crippen molar-refractivity contribution in [1.29, 1.82) is 0 Å². The molecule has 1 amide bonds. The van der Waals surface area contributed by atoms with E-state index in [0.717, 1.165) is 16.8 Å². The molecule has 0 aliphatic heterocycles. The predicted molar refractivity (Wildman–Crippen MR) is 93.3 cm³/mol. The Balaban J connectivity index is 1.78. The molecule has 122 valence electrons. The molecule has 0 bridgehead atoms. The Kier molecular flexibility index (Phi) is 4.67. The van der Waals surface area contributed by atoms with E-state index in [1.165, 1.54) is 0 Å². The topological polar surface area (TPSA) is 73.9 Å². The summed E-state index contributed by atoms with van der Waals surface area (Å²) < 4.78 is 0. The van der Waals surface area contributed by atoms with Crippen LogP contribution in [0.5, 0.6) is 0 Å². The number of carbonyl (C=O) groups excluding carboxylic acids is 1. The Morgan fingerprint density at radius 2 is 1.83 bits per heavy atom. The smallest absolute Gasteiger partial charge is 0.247 e. The number of pyridine rings is 1. The van der Waals surface area contributed by atoms with Crippen LogP contribution in [0.4, 0.5) is 5.82 Å². The van der Waals surface area contributed by atoms with Crippen LogP contribution >= 0.6 is 0 Å².